The van der Waals surface area contributed by atoms with Gasteiger partial charge in [0.2, 0.25) is 0 Å². The second-order valence-electron chi connectivity index (χ2n) is 4.94. The predicted octanol–water partition coefficient (Wildman–Crippen LogP) is 3.74. The molecule has 2 atom stereocenters. The number of hydrogen-bond donors (Lipinski definition) is 2. The Labute approximate surface area is 128 Å². The molecule has 0 aliphatic rings. The van der Waals surface area contributed by atoms with Gasteiger partial charge in [0.15, 0.2) is 0 Å². The molecule has 0 aliphatic carbocycles. The van der Waals surface area contributed by atoms with Gasteiger partial charge >= 0.3 is 0 Å². The van der Waals surface area contributed by atoms with Crippen molar-refractivity contribution in [2.75, 3.05) is 6.54 Å². The Morgan fingerprint density at radius 2 is 2.20 bits per heavy atom. The number of halogens is 1. The third kappa shape index (κ3) is 3.38. The molecule has 0 bridgehead atoms. The third-order valence-corrected chi connectivity index (χ3v) is 4.94. The van der Waals surface area contributed by atoms with Crippen molar-refractivity contribution in [1.29, 1.82) is 0 Å². The van der Waals surface area contributed by atoms with Crippen molar-refractivity contribution < 1.29 is 5.11 Å². The van der Waals surface area contributed by atoms with E-state index in [0.717, 1.165) is 17.0 Å². The average molecular weight is 311 g/mol. The highest BCUT2D eigenvalue weighted by Crippen LogP contribution is 2.28. The molecule has 5 heteroatoms. The molecule has 20 heavy (non-hydrogen) atoms. The molecule has 3 nitrogen and oxygen atoms in total. The fourth-order valence-electron chi connectivity index (χ4n) is 2.03. The van der Waals surface area contributed by atoms with Gasteiger partial charge in [-0.15, -0.1) is 11.3 Å². The Balaban J connectivity index is 2.06. The molecule has 0 saturated carbocycles. The molecule has 1 aromatic heterocycles. The van der Waals surface area contributed by atoms with E-state index >= 15 is 0 Å². The smallest absolute Gasteiger partial charge is 0.112 e. The minimum absolute atomic E-state index is 0.226. The number of aliphatic hydroxyl groups excluding tert-OH is 1. The lowest BCUT2D eigenvalue weighted by molar-refractivity contribution is 0.157. The highest BCUT2D eigenvalue weighted by atomic mass is 35.5. The highest BCUT2D eigenvalue weighted by molar-refractivity contribution is 7.09. The van der Waals surface area contributed by atoms with E-state index in [4.69, 9.17) is 11.6 Å². The summed E-state index contributed by atoms with van der Waals surface area (Å²) in [7, 11) is 0. The van der Waals surface area contributed by atoms with E-state index in [0.29, 0.717) is 11.6 Å². The first-order valence-electron chi connectivity index (χ1n) is 6.64. The van der Waals surface area contributed by atoms with Gasteiger partial charge in [-0.3, -0.25) is 0 Å². The molecule has 0 fully saturated rings. The summed E-state index contributed by atoms with van der Waals surface area (Å²) in [6.45, 7) is 4.65. The fraction of sp³-hybridized carbons (Fsp3) is 0.400. The zero-order valence-corrected chi connectivity index (χ0v) is 13.2. The van der Waals surface area contributed by atoms with E-state index in [1.165, 1.54) is 0 Å². The van der Waals surface area contributed by atoms with Crippen molar-refractivity contribution in [1.82, 2.24) is 10.3 Å². The highest BCUT2D eigenvalue weighted by Gasteiger charge is 2.27. The average Bonchev–Trinajstić information content (AvgIpc) is 3.00. The Kier molecular flexibility index (Phi) is 5.16. The number of benzene rings is 1. The lowest BCUT2D eigenvalue weighted by Gasteiger charge is -2.29. The summed E-state index contributed by atoms with van der Waals surface area (Å²) in [5, 5.41) is 17.3. The molecule has 0 aliphatic heterocycles. The maximum atomic E-state index is 10.3. The first-order chi connectivity index (χ1) is 9.57. The minimum Gasteiger partial charge on any atom is -0.387 e. The van der Waals surface area contributed by atoms with Crippen LogP contribution in [0.4, 0.5) is 0 Å². The number of nitrogens with one attached hydrogen (secondary N) is 1. The van der Waals surface area contributed by atoms with Crippen molar-refractivity contribution in [3.63, 3.8) is 0 Å². The van der Waals surface area contributed by atoms with E-state index in [9.17, 15) is 5.11 Å². The zero-order valence-electron chi connectivity index (χ0n) is 11.6. The van der Waals surface area contributed by atoms with Gasteiger partial charge in [0.25, 0.3) is 0 Å². The molecule has 0 radical (unpaired) electrons. The molecule has 0 amide bonds. The Hall–Kier alpha value is -0.940. The van der Waals surface area contributed by atoms with Crippen molar-refractivity contribution in [3.05, 3.63) is 51.4 Å². The van der Waals surface area contributed by atoms with Crippen molar-refractivity contribution >= 4 is 22.9 Å². The van der Waals surface area contributed by atoms with Gasteiger partial charge in [0.1, 0.15) is 5.01 Å². The van der Waals surface area contributed by atoms with Crippen LogP contribution in [0.1, 0.15) is 36.9 Å². The van der Waals surface area contributed by atoms with Crippen LogP contribution in [0.2, 0.25) is 5.02 Å². The first-order valence-corrected chi connectivity index (χ1v) is 7.90. The van der Waals surface area contributed by atoms with Crippen LogP contribution >= 0.6 is 22.9 Å². The van der Waals surface area contributed by atoms with E-state index in [1.54, 1.807) is 23.6 Å². The van der Waals surface area contributed by atoms with Crippen LogP contribution in [0.25, 0.3) is 0 Å². The molecular formula is C15H19ClN2OS. The van der Waals surface area contributed by atoms with Gasteiger partial charge in [0.05, 0.1) is 11.6 Å². The molecule has 0 saturated heterocycles. The number of aromatic nitrogens is 1. The SMILES string of the molecule is CCC(C)(NCC(O)c1ccccc1Cl)c1nccs1. The Morgan fingerprint density at radius 1 is 1.45 bits per heavy atom. The van der Waals surface area contributed by atoms with E-state index < -0.39 is 6.10 Å². The largest absolute Gasteiger partial charge is 0.387 e. The van der Waals surface area contributed by atoms with Crippen molar-refractivity contribution in [2.24, 2.45) is 0 Å². The van der Waals surface area contributed by atoms with Gasteiger partial charge in [-0.2, -0.15) is 0 Å². The molecule has 2 unspecified atom stereocenters. The van der Waals surface area contributed by atoms with Crippen LogP contribution in [0.3, 0.4) is 0 Å². The van der Waals surface area contributed by atoms with E-state index in [1.807, 2.05) is 23.6 Å². The van der Waals surface area contributed by atoms with Crippen LogP contribution in [-0.4, -0.2) is 16.6 Å². The summed E-state index contributed by atoms with van der Waals surface area (Å²) < 4.78 is 0. The normalized spacial score (nSPS) is 15.8. The second-order valence-corrected chi connectivity index (χ2v) is 6.24. The van der Waals surface area contributed by atoms with Crippen molar-refractivity contribution in [2.45, 2.75) is 31.9 Å². The van der Waals surface area contributed by atoms with Gasteiger partial charge < -0.3 is 10.4 Å². The molecule has 108 valence electrons. The van der Waals surface area contributed by atoms with Crippen LogP contribution in [-0.2, 0) is 5.54 Å². The summed E-state index contributed by atoms with van der Waals surface area (Å²) in [5.74, 6) is 0. The number of hydrogen-bond acceptors (Lipinski definition) is 4. The minimum atomic E-state index is -0.630. The van der Waals surface area contributed by atoms with Crippen LogP contribution in [0.5, 0.6) is 0 Å². The summed E-state index contributed by atoms with van der Waals surface area (Å²) in [6.07, 6.45) is 2.07. The van der Waals surface area contributed by atoms with E-state index in [-0.39, 0.29) is 5.54 Å². The second kappa shape index (κ2) is 6.68. The number of nitrogens with zero attached hydrogens (tertiary/aromatic N) is 1. The molecule has 2 rings (SSSR count). The third-order valence-electron chi connectivity index (χ3n) is 3.56. The monoisotopic (exact) mass is 310 g/mol. The predicted molar refractivity (Wildman–Crippen MR) is 84.2 cm³/mol. The zero-order chi connectivity index (χ0) is 14.6. The number of thiazole rings is 1. The summed E-state index contributed by atoms with van der Waals surface area (Å²) in [5.41, 5.74) is 0.524. The Morgan fingerprint density at radius 3 is 2.80 bits per heavy atom. The topological polar surface area (TPSA) is 45.1 Å². The molecule has 0 spiro atoms. The maximum absolute atomic E-state index is 10.3. The van der Waals surface area contributed by atoms with Gasteiger partial charge in [-0.1, -0.05) is 36.7 Å². The summed E-state index contributed by atoms with van der Waals surface area (Å²) in [6, 6.07) is 7.38. The molecular weight excluding hydrogens is 292 g/mol. The Bertz CT molecular complexity index is 547. The molecule has 2 aromatic rings. The van der Waals surface area contributed by atoms with E-state index in [2.05, 4.69) is 24.1 Å². The lowest BCUT2D eigenvalue weighted by Crippen LogP contribution is -2.41. The maximum Gasteiger partial charge on any atom is 0.112 e. The van der Waals surface area contributed by atoms with Gasteiger partial charge in [0, 0.05) is 28.7 Å². The molecule has 1 aromatic carbocycles. The lowest BCUT2D eigenvalue weighted by atomic mass is 9.99. The number of rotatable bonds is 6. The summed E-state index contributed by atoms with van der Waals surface area (Å²) in [4.78, 5) is 4.38. The van der Waals surface area contributed by atoms with Crippen LogP contribution < -0.4 is 5.32 Å². The quantitative estimate of drug-likeness (QED) is 0.854. The molecule has 1 heterocycles. The summed E-state index contributed by atoms with van der Waals surface area (Å²) >= 11 is 7.73. The van der Waals surface area contributed by atoms with Gasteiger partial charge in [-0.05, 0) is 19.4 Å². The number of aliphatic hydroxyl groups is 1. The van der Waals surface area contributed by atoms with Crippen LogP contribution in [0, 0.1) is 0 Å². The first kappa shape index (κ1) is 15.4. The standard InChI is InChI=1S/C15H19ClN2OS/c1-3-15(2,14-17-8-9-20-14)18-10-13(19)11-6-4-5-7-12(11)16/h4-9,13,18-19H,3,10H2,1-2H3. The van der Waals surface area contributed by atoms with Gasteiger partial charge in [-0.25, -0.2) is 4.98 Å². The van der Waals surface area contributed by atoms with Crippen molar-refractivity contribution in [3.8, 4) is 0 Å². The molecule has 2 N–H and O–H groups in total. The fourth-order valence-corrected chi connectivity index (χ4v) is 3.14. The van der Waals surface area contributed by atoms with Crippen LogP contribution in [0.15, 0.2) is 35.8 Å².